The molecule has 1 N–H and O–H groups in total. The first kappa shape index (κ1) is 17.7. The fourth-order valence-corrected chi connectivity index (χ4v) is 6.30. The summed E-state index contributed by atoms with van der Waals surface area (Å²) in [6.07, 6.45) is 4.79. The summed E-state index contributed by atoms with van der Waals surface area (Å²) in [4.78, 5) is 38.2. The van der Waals surface area contributed by atoms with E-state index in [4.69, 9.17) is 0 Å². The van der Waals surface area contributed by atoms with E-state index in [9.17, 15) is 9.59 Å². The number of aliphatic imine (C=N–C) groups is 1. The minimum atomic E-state index is -0.248. The van der Waals surface area contributed by atoms with E-state index in [0.29, 0.717) is 5.13 Å². The third kappa shape index (κ3) is 3.09. The van der Waals surface area contributed by atoms with Crippen molar-refractivity contribution in [1.29, 1.82) is 0 Å². The molecule has 1 aliphatic carbocycles. The van der Waals surface area contributed by atoms with Gasteiger partial charge in [-0.05, 0) is 36.3 Å². The van der Waals surface area contributed by atoms with Gasteiger partial charge in [-0.25, -0.2) is 4.98 Å². The van der Waals surface area contributed by atoms with E-state index in [2.05, 4.69) is 15.3 Å². The topological polar surface area (TPSA) is 74.7 Å². The molecule has 2 aliphatic rings. The number of carbonyl (C=O) groups is 2. The van der Waals surface area contributed by atoms with Gasteiger partial charge in [0, 0.05) is 22.0 Å². The first-order valence-electron chi connectivity index (χ1n) is 8.93. The Bertz CT molecular complexity index is 1070. The third-order valence-electron chi connectivity index (χ3n) is 4.79. The van der Waals surface area contributed by atoms with Gasteiger partial charge < -0.3 is 5.32 Å². The number of rotatable bonds is 4. The van der Waals surface area contributed by atoms with Crippen LogP contribution in [0, 0.1) is 0 Å². The van der Waals surface area contributed by atoms with Gasteiger partial charge in [-0.3, -0.25) is 19.5 Å². The van der Waals surface area contributed by atoms with Crippen molar-refractivity contribution in [1.82, 2.24) is 4.98 Å². The van der Waals surface area contributed by atoms with Crippen LogP contribution in [-0.2, 0) is 22.4 Å². The summed E-state index contributed by atoms with van der Waals surface area (Å²) >= 11 is 4.62. The van der Waals surface area contributed by atoms with E-state index in [1.54, 1.807) is 39.2 Å². The van der Waals surface area contributed by atoms with Gasteiger partial charge in [0.15, 0.2) is 5.13 Å². The molecule has 0 unspecified atom stereocenters. The van der Waals surface area contributed by atoms with Crippen molar-refractivity contribution in [2.75, 3.05) is 23.3 Å². The Labute approximate surface area is 173 Å². The molecule has 0 atom stereocenters. The minimum Gasteiger partial charge on any atom is -0.300 e. The number of thiophene rings is 2. The number of aryl methyl sites for hydroxylation is 1. The molecule has 0 bridgehead atoms. The molecule has 28 heavy (non-hydrogen) atoms. The van der Waals surface area contributed by atoms with Crippen LogP contribution in [0.4, 0.5) is 10.1 Å². The van der Waals surface area contributed by atoms with E-state index in [1.807, 2.05) is 17.5 Å². The number of nitrogens with one attached hydrogen (secondary N) is 1. The summed E-state index contributed by atoms with van der Waals surface area (Å²) in [6, 6.07) is 4.04. The van der Waals surface area contributed by atoms with Gasteiger partial charge in [0.25, 0.3) is 0 Å². The predicted octanol–water partition coefficient (Wildman–Crippen LogP) is 3.58. The number of carbonyl (C=O) groups excluding carboxylic acids is 2. The lowest BCUT2D eigenvalue weighted by molar-refractivity contribution is -0.120. The zero-order valence-corrected chi connectivity index (χ0v) is 17.3. The van der Waals surface area contributed by atoms with Crippen molar-refractivity contribution < 1.29 is 9.59 Å². The van der Waals surface area contributed by atoms with Crippen molar-refractivity contribution in [3.05, 3.63) is 50.0 Å². The van der Waals surface area contributed by atoms with Gasteiger partial charge in [0.2, 0.25) is 11.8 Å². The maximum absolute atomic E-state index is 12.9. The molecule has 9 heteroatoms. The molecule has 0 fully saturated rings. The fourth-order valence-electron chi connectivity index (χ4n) is 3.61. The van der Waals surface area contributed by atoms with Gasteiger partial charge in [-0.1, -0.05) is 6.07 Å². The summed E-state index contributed by atoms with van der Waals surface area (Å²) in [5.74, 6) is -0.399. The van der Waals surface area contributed by atoms with E-state index < -0.39 is 0 Å². The number of thiazole rings is 1. The Morgan fingerprint density at radius 2 is 2.18 bits per heavy atom. The molecule has 0 spiro atoms. The summed E-state index contributed by atoms with van der Waals surface area (Å²) in [5, 5.41) is 7.99. The maximum Gasteiger partial charge on any atom is 0.249 e. The zero-order valence-electron chi connectivity index (χ0n) is 14.8. The molecule has 2 amide bonds. The normalized spacial score (nSPS) is 15.8. The van der Waals surface area contributed by atoms with E-state index in [-0.39, 0.29) is 24.9 Å². The van der Waals surface area contributed by atoms with Crippen LogP contribution >= 0.6 is 34.0 Å². The Morgan fingerprint density at radius 3 is 2.96 bits per heavy atom. The largest absolute Gasteiger partial charge is 0.300 e. The average molecular weight is 429 g/mol. The maximum atomic E-state index is 12.9. The van der Waals surface area contributed by atoms with Gasteiger partial charge in [0.1, 0.15) is 18.1 Å². The van der Waals surface area contributed by atoms with Crippen LogP contribution in [0.5, 0.6) is 0 Å². The van der Waals surface area contributed by atoms with E-state index in [1.165, 1.54) is 21.8 Å². The number of aromatic nitrogens is 1. The van der Waals surface area contributed by atoms with Crippen LogP contribution in [0.25, 0.3) is 0 Å². The molecule has 0 saturated carbocycles. The SMILES string of the molecule is O=C(CN1C(=O)CN=C(c2cccs2)c2c1sc1c2CCC1)Nc1nccs1. The summed E-state index contributed by atoms with van der Waals surface area (Å²) < 4.78 is 0. The lowest BCUT2D eigenvalue weighted by Crippen LogP contribution is -2.38. The van der Waals surface area contributed by atoms with E-state index in [0.717, 1.165) is 40.4 Å². The van der Waals surface area contributed by atoms with Gasteiger partial charge in [-0.15, -0.1) is 34.0 Å². The van der Waals surface area contributed by atoms with Crippen molar-refractivity contribution in [3.8, 4) is 0 Å². The molecule has 5 rings (SSSR count). The molecule has 0 aromatic carbocycles. The Hall–Kier alpha value is -2.36. The number of hydrogen-bond acceptors (Lipinski definition) is 7. The van der Waals surface area contributed by atoms with E-state index >= 15 is 0 Å². The second kappa shape index (κ2) is 7.23. The Morgan fingerprint density at radius 1 is 1.25 bits per heavy atom. The van der Waals surface area contributed by atoms with Crippen molar-refractivity contribution in [2.45, 2.75) is 19.3 Å². The highest BCUT2D eigenvalue weighted by molar-refractivity contribution is 7.17. The van der Waals surface area contributed by atoms with Gasteiger partial charge in [0.05, 0.1) is 10.6 Å². The van der Waals surface area contributed by atoms with Crippen molar-refractivity contribution in [2.24, 2.45) is 4.99 Å². The molecular weight excluding hydrogens is 412 g/mol. The smallest absolute Gasteiger partial charge is 0.249 e. The fraction of sp³-hybridized carbons (Fsp3) is 0.263. The molecule has 3 aromatic rings. The number of amides is 2. The number of fused-ring (bicyclic) bond motifs is 3. The number of anilines is 2. The Balaban J connectivity index is 1.53. The summed E-state index contributed by atoms with van der Waals surface area (Å²) in [7, 11) is 0. The number of nitrogens with zero attached hydrogens (tertiary/aromatic N) is 3. The number of hydrogen-bond donors (Lipinski definition) is 1. The van der Waals surface area contributed by atoms with Crippen LogP contribution < -0.4 is 10.2 Å². The molecule has 0 radical (unpaired) electrons. The standard InChI is InChI=1S/C19H16N4O2S3/c24-14(22-19-20-6-8-27-19)10-23-15(25)9-21-17(13-5-2-7-26-13)16-11-3-1-4-12(11)28-18(16)23/h2,5-8H,1,3-4,9-10H2,(H,20,22,24). The first-order valence-corrected chi connectivity index (χ1v) is 11.5. The second-order valence-electron chi connectivity index (χ2n) is 6.54. The minimum absolute atomic E-state index is 0.0297. The average Bonchev–Trinajstić information content (AvgIpc) is 3.45. The van der Waals surface area contributed by atoms with Crippen molar-refractivity contribution >= 4 is 61.7 Å². The molecule has 3 aromatic heterocycles. The quantitative estimate of drug-likeness (QED) is 0.690. The molecule has 1 aliphatic heterocycles. The van der Waals surface area contributed by atoms with Crippen molar-refractivity contribution in [3.63, 3.8) is 0 Å². The van der Waals surface area contributed by atoms with Gasteiger partial charge >= 0.3 is 0 Å². The molecule has 142 valence electrons. The lowest BCUT2D eigenvalue weighted by atomic mass is 10.0. The molecule has 0 saturated heterocycles. The van der Waals surface area contributed by atoms with Gasteiger partial charge in [-0.2, -0.15) is 0 Å². The summed E-state index contributed by atoms with van der Waals surface area (Å²) in [5.41, 5.74) is 3.24. The highest BCUT2D eigenvalue weighted by Gasteiger charge is 2.34. The molecular formula is C19H16N4O2S3. The highest BCUT2D eigenvalue weighted by atomic mass is 32.1. The predicted molar refractivity (Wildman–Crippen MR) is 114 cm³/mol. The summed E-state index contributed by atoms with van der Waals surface area (Å²) in [6.45, 7) is 0.0198. The van der Waals surface area contributed by atoms with Crippen LogP contribution in [0.15, 0.2) is 34.1 Å². The second-order valence-corrected chi connectivity index (χ2v) is 9.47. The highest BCUT2D eigenvalue weighted by Crippen LogP contribution is 2.43. The van der Waals surface area contributed by atoms with Crippen LogP contribution in [0.1, 0.15) is 27.3 Å². The molecule has 6 nitrogen and oxygen atoms in total. The third-order valence-corrected chi connectivity index (χ3v) is 7.67. The van der Waals surface area contributed by atoms with Crippen LogP contribution in [0.3, 0.4) is 0 Å². The monoisotopic (exact) mass is 428 g/mol. The molecule has 4 heterocycles. The van der Waals surface area contributed by atoms with Crippen LogP contribution in [0.2, 0.25) is 0 Å². The first-order chi connectivity index (χ1) is 13.7. The Kier molecular flexibility index (Phi) is 4.58. The lowest BCUT2D eigenvalue weighted by Gasteiger charge is -2.20. The zero-order chi connectivity index (χ0) is 19.1. The van der Waals surface area contributed by atoms with Crippen LogP contribution in [-0.4, -0.2) is 35.6 Å².